The van der Waals surface area contributed by atoms with Crippen LogP contribution in [0.2, 0.25) is 0 Å². The fourth-order valence-electron chi connectivity index (χ4n) is 3.42. The van der Waals surface area contributed by atoms with Crippen LogP contribution in [0.15, 0.2) is 29.1 Å². The summed E-state index contributed by atoms with van der Waals surface area (Å²) >= 11 is 0. The number of fused-ring (bicyclic) bond motifs is 1. The minimum atomic E-state index is 0.211. The maximum absolute atomic E-state index is 12.7. The number of likely N-dealkylation sites (tertiary alicyclic amines) is 1. The molecule has 0 bridgehead atoms. The van der Waals surface area contributed by atoms with Crippen molar-refractivity contribution >= 4 is 10.9 Å². The van der Waals surface area contributed by atoms with Crippen LogP contribution in [0.25, 0.3) is 10.9 Å². The maximum atomic E-state index is 12.7. The molecule has 1 aliphatic heterocycles. The molecule has 1 saturated heterocycles. The topological polar surface area (TPSA) is 37.3 Å². The summed E-state index contributed by atoms with van der Waals surface area (Å²) in [5, 5.41) is 0.817. The van der Waals surface area contributed by atoms with Crippen molar-refractivity contribution in [1.29, 1.82) is 0 Å². The van der Waals surface area contributed by atoms with E-state index in [-0.39, 0.29) is 5.43 Å². The second kappa shape index (κ2) is 5.41. The molecule has 2 heterocycles. The van der Waals surface area contributed by atoms with Crippen LogP contribution >= 0.6 is 0 Å². The number of benzene rings is 1. The van der Waals surface area contributed by atoms with E-state index >= 15 is 0 Å². The summed E-state index contributed by atoms with van der Waals surface area (Å²) in [5.41, 5.74) is 3.15. The molecule has 2 N–H and O–H groups in total. The quantitative estimate of drug-likeness (QED) is 0.856. The Bertz CT molecular complexity index is 674. The molecule has 0 aliphatic carbocycles. The van der Waals surface area contributed by atoms with Crippen LogP contribution in [0.1, 0.15) is 31.0 Å². The smallest absolute Gasteiger partial charge is 0.198 e. The van der Waals surface area contributed by atoms with Gasteiger partial charge in [0.25, 0.3) is 0 Å². The summed E-state index contributed by atoms with van der Waals surface area (Å²) in [7, 11) is 0. The molecule has 20 heavy (non-hydrogen) atoms. The third-order valence-electron chi connectivity index (χ3n) is 4.51. The second-order valence-corrected chi connectivity index (χ2v) is 6.23. The van der Waals surface area contributed by atoms with Crippen LogP contribution in [0.5, 0.6) is 0 Å². The van der Waals surface area contributed by atoms with Gasteiger partial charge in [-0.1, -0.05) is 19.1 Å². The third-order valence-corrected chi connectivity index (χ3v) is 4.51. The first-order valence-corrected chi connectivity index (χ1v) is 7.59. The Kier molecular flexibility index (Phi) is 3.62. The van der Waals surface area contributed by atoms with E-state index in [0.29, 0.717) is 0 Å². The van der Waals surface area contributed by atoms with Crippen molar-refractivity contribution in [2.45, 2.75) is 33.2 Å². The van der Waals surface area contributed by atoms with E-state index < -0.39 is 0 Å². The molecular weight excluding hydrogens is 248 g/mol. The molecule has 1 aromatic carbocycles. The molecule has 0 saturated carbocycles. The Morgan fingerprint density at radius 2 is 2.15 bits per heavy atom. The van der Waals surface area contributed by atoms with E-state index in [9.17, 15) is 4.79 Å². The van der Waals surface area contributed by atoms with E-state index in [0.717, 1.165) is 34.6 Å². The summed E-state index contributed by atoms with van der Waals surface area (Å²) in [6.45, 7) is 7.57. The highest BCUT2D eigenvalue weighted by atomic mass is 16.1. The first-order valence-electron chi connectivity index (χ1n) is 7.59. The molecule has 1 fully saturated rings. The second-order valence-electron chi connectivity index (χ2n) is 6.23. The van der Waals surface area contributed by atoms with Crippen molar-refractivity contribution in [3.63, 3.8) is 0 Å². The number of hydrogen-bond donors (Lipinski definition) is 2. The van der Waals surface area contributed by atoms with Crippen LogP contribution < -0.4 is 10.3 Å². The van der Waals surface area contributed by atoms with E-state index in [4.69, 9.17) is 0 Å². The van der Waals surface area contributed by atoms with Crippen molar-refractivity contribution in [2.75, 3.05) is 13.1 Å². The lowest BCUT2D eigenvalue weighted by atomic mass is 9.99. The molecule has 2 aromatic rings. The summed E-state index contributed by atoms with van der Waals surface area (Å²) in [6.07, 6.45) is 2.61. The standard InChI is InChI=1S/C17H22N2O/c1-12-6-5-9-19(10-12)11-15-13(2)18-16-8-4-3-7-14(16)17(15)20/h3-4,7-8,12H,5-6,9-11H2,1-2H3,(H,18,20)/p+1/t12-/m1/s1. The summed E-state index contributed by atoms with van der Waals surface area (Å²) in [5.74, 6) is 0.776. The number of piperidine rings is 1. The van der Waals surface area contributed by atoms with Crippen molar-refractivity contribution in [3.8, 4) is 0 Å². The third kappa shape index (κ3) is 2.50. The van der Waals surface area contributed by atoms with Crippen molar-refractivity contribution in [2.24, 2.45) is 5.92 Å². The lowest BCUT2D eigenvalue weighted by Crippen LogP contribution is -3.12. The SMILES string of the molecule is Cc1[nH]c2ccccc2c(=O)c1C[NH+]1CCC[C@@H](C)C1. The van der Waals surface area contributed by atoms with Crippen LogP contribution in [0, 0.1) is 12.8 Å². The first-order chi connectivity index (χ1) is 9.65. The number of pyridine rings is 1. The number of quaternary nitrogens is 1. The number of nitrogens with one attached hydrogen (secondary N) is 2. The van der Waals surface area contributed by atoms with E-state index in [2.05, 4.69) is 11.9 Å². The van der Waals surface area contributed by atoms with Crippen molar-refractivity contribution in [3.05, 3.63) is 45.7 Å². The van der Waals surface area contributed by atoms with E-state index in [1.165, 1.54) is 25.9 Å². The number of aryl methyl sites for hydroxylation is 1. The molecule has 2 atom stereocenters. The highest BCUT2D eigenvalue weighted by molar-refractivity contribution is 5.79. The van der Waals surface area contributed by atoms with E-state index in [1.54, 1.807) is 4.90 Å². The molecule has 3 heteroatoms. The average Bonchev–Trinajstić information content (AvgIpc) is 2.43. The van der Waals surface area contributed by atoms with Gasteiger partial charge in [-0.3, -0.25) is 4.79 Å². The molecule has 0 spiro atoms. The first kappa shape index (κ1) is 13.4. The number of aromatic amines is 1. The van der Waals surface area contributed by atoms with Crippen molar-refractivity contribution < 1.29 is 4.90 Å². The molecule has 0 amide bonds. The number of hydrogen-bond acceptors (Lipinski definition) is 1. The van der Waals surface area contributed by atoms with Gasteiger partial charge in [0.2, 0.25) is 0 Å². The van der Waals surface area contributed by atoms with Gasteiger partial charge in [0.05, 0.1) is 18.7 Å². The Morgan fingerprint density at radius 1 is 1.35 bits per heavy atom. The van der Waals surface area contributed by atoms with Crippen LogP contribution in [0.4, 0.5) is 0 Å². The average molecular weight is 271 g/mol. The summed E-state index contributed by atoms with van der Waals surface area (Å²) < 4.78 is 0. The minimum absolute atomic E-state index is 0.211. The molecule has 1 aromatic heterocycles. The Hall–Kier alpha value is -1.61. The number of H-pyrrole nitrogens is 1. The van der Waals surface area contributed by atoms with Crippen molar-refractivity contribution in [1.82, 2.24) is 4.98 Å². The lowest BCUT2D eigenvalue weighted by Gasteiger charge is -2.28. The van der Waals surface area contributed by atoms with Crippen LogP contribution in [-0.2, 0) is 6.54 Å². The zero-order valence-electron chi connectivity index (χ0n) is 12.3. The van der Waals surface area contributed by atoms with Gasteiger partial charge in [0.15, 0.2) is 5.43 Å². The Balaban J connectivity index is 1.97. The zero-order chi connectivity index (χ0) is 14.1. The predicted octanol–water partition coefficient (Wildman–Crippen LogP) is 1.65. The highest BCUT2D eigenvalue weighted by Gasteiger charge is 2.22. The number of aromatic nitrogens is 1. The van der Waals surface area contributed by atoms with Gasteiger partial charge in [0.1, 0.15) is 6.54 Å². The molecule has 3 rings (SSSR count). The Labute approximate surface area is 119 Å². The zero-order valence-corrected chi connectivity index (χ0v) is 12.3. The van der Waals surface area contributed by atoms with E-state index in [1.807, 2.05) is 31.2 Å². The summed E-state index contributed by atoms with van der Waals surface area (Å²) in [4.78, 5) is 17.6. The van der Waals surface area contributed by atoms with Crippen LogP contribution in [0.3, 0.4) is 0 Å². The van der Waals surface area contributed by atoms with Gasteiger partial charge in [-0.25, -0.2) is 0 Å². The van der Waals surface area contributed by atoms with Gasteiger partial charge < -0.3 is 9.88 Å². The van der Waals surface area contributed by atoms with Crippen LogP contribution in [-0.4, -0.2) is 18.1 Å². The van der Waals surface area contributed by atoms with Gasteiger partial charge in [0, 0.05) is 22.5 Å². The minimum Gasteiger partial charge on any atom is -0.358 e. The van der Waals surface area contributed by atoms with Gasteiger partial charge >= 0.3 is 0 Å². The molecule has 1 aliphatic rings. The fraction of sp³-hybridized carbons (Fsp3) is 0.471. The fourth-order valence-corrected chi connectivity index (χ4v) is 3.42. The Morgan fingerprint density at radius 3 is 2.95 bits per heavy atom. The largest absolute Gasteiger partial charge is 0.358 e. The lowest BCUT2D eigenvalue weighted by molar-refractivity contribution is -0.922. The van der Waals surface area contributed by atoms with Gasteiger partial charge in [-0.05, 0) is 31.9 Å². The normalized spacial score (nSPS) is 23.1. The number of para-hydroxylation sites is 1. The summed E-state index contributed by atoms with van der Waals surface area (Å²) in [6, 6.07) is 7.80. The van der Waals surface area contributed by atoms with Gasteiger partial charge in [-0.2, -0.15) is 0 Å². The monoisotopic (exact) mass is 271 g/mol. The molecule has 1 unspecified atom stereocenters. The molecule has 3 nitrogen and oxygen atoms in total. The highest BCUT2D eigenvalue weighted by Crippen LogP contribution is 2.11. The van der Waals surface area contributed by atoms with Gasteiger partial charge in [-0.15, -0.1) is 0 Å². The maximum Gasteiger partial charge on any atom is 0.198 e. The number of rotatable bonds is 2. The molecule has 106 valence electrons. The molecule has 0 radical (unpaired) electrons. The predicted molar refractivity (Wildman–Crippen MR) is 82.1 cm³/mol. The molecular formula is C17H23N2O+.